The molecule has 158 valence electrons. The summed E-state index contributed by atoms with van der Waals surface area (Å²) in [4.78, 5) is 38.6. The Morgan fingerprint density at radius 3 is 2.93 bits per heavy atom. The van der Waals surface area contributed by atoms with E-state index in [0.717, 1.165) is 18.4 Å². The summed E-state index contributed by atoms with van der Waals surface area (Å²) in [6.45, 7) is 1.08. The van der Waals surface area contributed by atoms with Crippen LogP contribution in [0, 0.1) is 0 Å². The van der Waals surface area contributed by atoms with E-state index in [2.05, 4.69) is 5.32 Å². The van der Waals surface area contributed by atoms with Crippen LogP contribution in [0.15, 0.2) is 45.3 Å². The van der Waals surface area contributed by atoms with E-state index in [4.69, 9.17) is 9.47 Å². The third kappa shape index (κ3) is 4.17. The highest BCUT2D eigenvalue weighted by Gasteiger charge is 2.19. The molecule has 1 saturated heterocycles. The van der Waals surface area contributed by atoms with Gasteiger partial charge in [-0.3, -0.25) is 18.7 Å². The zero-order valence-electron chi connectivity index (χ0n) is 16.6. The zero-order chi connectivity index (χ0) is 21.1. The highest BCUT2D eigenvalue weighted by atomic mass is 32.1. The molecule has 0 bridgehead atoms. The highest BCUT2D eigenvalue weighted by molar-refractivity contribution is 7.17. The summed E-state index contributed by atoms with van der Waals surface area (Å²) in [5.41, 5.74) is 0.368. The second-order valence-electron chi connectivity index (χ2n) is 7.19. The summed E-state index contributed by atoms with van der Waals surface area (Å²) < 4.78 is 13.7. The largest absolute Gasteiger partial charge is 0.497 e. The second kappa shape index (κ2) is 8.85. The van der Waals surface area contributed by atoms with E-state index >= 15 is 0 Å². The summed E-state index contributed by atoms with van der Waals surface area (Å²) in [5, 5.41) is 4.58. The van der Waals surface area contributed by atoms with Gasteiger partial charge >= 0.3 is 5.69 Å². The molecule has 3 aromatic rings. The predicted octanol–water partition coefficient (Wildman–Crippen LogP) is 1.58. The van der Waals surface area contributed by atoms with Crippen LogP contribution in [0.5, 0.6) is 5.75 Å². The Labute approximate surface area is 176 Å². The van der Waals surface area contributed by atoms with Crippen molar-refractivity contribution in [1.29, 1.82) is 0 Å². The predicted molar refractivity (Wildman–Crippen MR) is 114 cm³/mol. The molecule has 3 heterocycles. The molecule has 0 saturated carbocycles. The normalized spacial score (nSPS) is 16.1. The smallest absolute Gasteiger partial charge is 0.332 e. The van der Waals surface area contributed by atoms with Crippen LogP contribution in [0.4, 0.5) is 0 Å². The number of nitrogens with one attached hydrogen (secondary N) is 1. The van der Waals surface area contributed by atoms with E-state index in [9.17, 15) is 14.4 Å². The van der Waals surface area contributed by atoms with Crippen molar-refractivity contribution in [3.63, 3.8) is 0 Å². The van der Waals surface area contributed by atoms with Crippen LogP contribution in [0.2, 0.25) is 0 Å². The lowest BCUT2D eigenvalue weighted by Gasteiger charge is -2.14. The lowest BCUT2D eigenvalue weighted by molar-refractivity contribution is -0.122. The van der Waals surface area contributed by atoms with Crippen LogP contribution in [0.1, 0.15) is 18.4 Å². The standard InChI is InChI=1S/C21H23N3O5S/c1-28-15-5-2-4-14(10-15)12-24-20(26)19-17(7-9-30-19)23(21(24)27)13-18(25)22-11-16-6-3-8-29-16/h2,4-5,7,9-10,16H,3,6,8,11-13H2,1H3,(H,22,25). The molecule has 0 radical (unpaired) electrons. The minimum atomic E-state index is -0.513. The molecular weight excluding hydrogens is 406 g/mol. The maximum absolute atomic E-state index is 13.2. The van der Waals surface area contributed by atoms with Crippen LogP contribution in [-0.2, 0) is 22.6 Å². The first-order chi connectivity index (χ1) is 14.6. The number of carbonyl (C=O) groups is 1. The van der Waals surface area contributed by atoms with Crippen molar-refractivity contribution in [1.82, 2.24) is 14.5 Å². The molecule has 0 aliphatic carbocycles. The van der Waals surface area contributed by atoms with Crippen molar-refractivity contribution in [2.24, 2.45) is 0 Å². The molecule has 1 unspecified atom stereocenters. The van der Waals surface area contributed by atoms with Gasteiger partial charge in [-0.1, -0.05) is 12.1 Å². The summed E-state index contributed by atoms with van der Waals surface area (Å²) in [6.07, 6.45) is 1.93. The summed E-state index contributed by atoms with van der Waals surface area (Å²) in [6, 6.07) is 8.91. The van der Waals surface area contributed by atoms with E-state index in [1.54, 1.807) is 36.8 Å². The van der Waals surface area contributed by atoms with Gasteiger partial charge in [0.2, 0.25) is 5.91 Å². The number of thiophene rings is 1. The fraction of sp³-hybridized carbons (Fsp3) is 0.381. The van der Waals surface area contributed by atoms with Crippen molar-refractivity contribution >= 4 is 27.5 Å². The Hall–Kier alpha value is -2.91. The van der Waals surface area contributed by atoms with Crippen LogP contribution in [0.25, 0.3) is 10.2 Å². The Balaban J connectivity index is 1.64. The number of ether oxygens (including phenoxy) is 2. The maximum Gasteiger partial charge on any atom is 0.332 e. The summed E-state index contributed by atoms with van der Waals surface area (Å²) >= 11 is 1.26. The van der Waals surface area contributed by atoms with Gasteiger partial charge in [-0.05, 0) is 42.0 Å². The van der Waals surface area contributed by atoms with Crippen molar-refractivity contribution < 1.29 is 14.3 Å². The average Bonchev–Trinajstić information content (AvgIpc) is 3.45. The molecule has 1 aliphatic heterocycles. The second-order valence-corrected chi connectivity index (χ2v) is 8.10. The number of hydrogen-bond acceptors (Lipinski definition) is 6. The number of benzene rings is 1. The Bertz CT molecular complexity index is 1170. The number of amides is 1. The monoisotopic (exact) mass is 429 g/mol. The van der Waals surface area contributed by atoms with Crippen LogP contribution >= 0.6 is 11.3 Å². The van der Waals surface area contributed by atoms with Gasteiger partial charge in [0.15, 0.2) is 0 Å². The Kier molecular flexibility index (Phi) is 6.01. The molecule has 1 N–H and O–H groups in total. The van der Waals surface area contributed by atoms with Crippen LogP contribution in [-0.4, -0.2) is 41.4 Å². The quantitative estimate of drug-likeness (QED) is 0.616. The van der Waals surface area contributed by atoms with E-state index in [0.29, 0.717) is 29.1 Å². The summed E-state index contributed by atoms with van der Waals surface area (Å²) in [5.74, 6) is 0.360. The number of hydrogen-bond donors (Lipinski definition) is 1. The van der Waals surface area contributed by atoms with E-state index in [1.807, 2.05) is 6.07 Å². The van der Waals surface area contributed by atoms with Gasteiger partial charge in [0.1, 0.15) is 17.0 Å². The van der Waals surface area contributed by atoms with E-state index in [1.165, 1.54) is 20.5 Å². The number of methoxy groups -OCH3 is 1. The van der Waals surface area contributed by atoms with Crippen LogP contribution < -0.4 is 21.3 Å². The molecule has 0 spiro atoms. The minimum Gasteiger partial charge on any atom is -0.497 e. The molecule has 1 atom stereocenters. The minimum absolute atomic E-state index is 0.0221. The SMILES string of the molecule is COc1cccc(Cn2c(=O)c3sccc3n(CC(=O)NCC3CCCO3)c2=O)c1. The lowest BCUT2D eigenvalue weighted by atomic mass is 10.2. The average molecular weight is 429 g/mol. The topological polar surface area (TPSA) is 91.6 Å². The van der Waals surface area contributed by atoms with Gasteiger partial charge in [0.05, 0.1) is 25.3 Å². The Morgan fingerprint density at radius 2 is 2.17 bits per heavy atom. The van der Waals surface area contributed by atoms with E-state index < -0.39 is 5.69 Å². The molecule has 4 rings (SSSR count). The Morgan fingerprint density at radius 1 is 1.30 bits per heavy atom. The van der Waals surface area contributed by atoms with Gasteiger partial charge in [0, 0.05) is 13.2 Å². The van der Waals surface area contributed by atoms with Gasteiger partial charge in [-0.2, -0.15) is 0 Å². The first-order valence-corrected chi connectivity index (χ1v) is 10.7. The number of aromatic nitrogens is 2. The number of nitrogens with zero attached hydrogens (tertiary/aromatic N) is 2. The third-order valence-corrected chi connectivity index (χ3v) is 6.06. The lowest BCUT2D eigenvalue weighted by Crippen LogP contribution is -2.43. The fourth-order valence-electron chi connectivity index (χ4n) is 3.61. The van der Waals surface area contributed by atoms with Crippen molar-refractivity contribution in [3.05, 3.63) is 62.1 Å². The van der Waals surface area contributed by atoms with Crippen molar-refractivity contribution in [2.45, 2.75) is 32.0 Å². The van der Waals surface area contributed by atoms with Crippen molar-refractivity contribution in [3.8, 4) is 5.75 Å². The highest BCUT2D eigenvalue weighted by Crippen LogP contribution is 2.17. The third-order valence-electron chi connectivity index (χ3n) is 5.16. The molecule has 9 heteroatoms. The molecule has 1 fully saturated rings. The van der Waals surface area contributed by atoms with Crippen molar-refractivity contribution in [2.75, 3.05) is 20.3 Å². The fourth-order valence-corrected chi connectivity index (χ4v) is 4.45. The van der Waals surface area contributed by atoms with Gasteiger partial charge in [-0.15, -0.1) is 11.3 Å². The van der Waals surface area contributed by atoms with Gasteiger partial charge in [-0.25, -0.2) is 4.79 Å². The first-order valence-electron chi connectivity index (χ1n) is 9.79. The molecule has 2 aromatic heterocycles. The molecule has 1 amide bonds. The summed E-state index contributed by atoms with van der Waals surface area (Å²) in [7, 11) is 1.56. The number of fused-ring (bicyclic) bond motifs is 1. The molecule has 30 heavy (non-hydrogen) atoms. The van der Waals surface area contributed by atoms with Gasteiger partial charge in [0.25, 0.3) is 5.56 Å². The number of rotatable bonds is 7. The molecule has 1 aliphatic rings. The number of carbonyl (C=O) groups excluding carboxylic acids is 1. The maximum atomic E-state index is 13.2. The van der Waals surface area contributed by atoms with Gasteiger partial charge < -0.3 is 14.8 Å². The molecule has 1 aromatic carbocycles. The first kappa shape index (κ1) is 20.4. The molecule has 8 nitrogen and oxygen atoms in total. The van der Waals surface area contributed by atoms with Crippen LogP contribution in [0.3, 0.4) is 0 Å². The van der Waals surface area contributed by atoms with E-state index in [-0.39, 0.29) is 30.7 Å². The molecular formula is C21H23N3O5S. The zero-order valence-corrected chi connectivity index (χ0v) is 17.4.